The molecule has 0 spiro atoms. The average Bonchev–Trinajstić information content (AvgIpc) is 2.74. The van der Waals surface area contributed by atoms with E-state index in [1.165, 1.54) is 0 Å². The minimum atomic E-state index is 0.450. The number of alkyl halides is 1. The van der Waals surface area contributed by atoms with E-state index in [9.17, 15) is 0 Å². The van der Waals surface area contributed by atoms with E-state index in [4.69, 9.17) is 11.6 Å². The van der Waals surface area contributed by atoms with Gasteiger partial charge in [-0.25, -0.2) is 0 Å². The Kier molecular flexibility index (Phi) is 5.85. The first-order chi connectivity index (χ1) is 7.67. The van der Waals surface area contributed by atoms with Crippen molar-refractivity contribution < 1.29 is 0 Å². The molecule has 0 radical (unpaired) electrons. The molecule has 3 nitrogen and oxygen atoms in total. The highest BCUT2D eigenvalue weighted by molar-refractivity contribution is 6.17. The summed E-state index contributed by atoms with van der Waals surface area (Å²) in [7, 11) is 0. The van der Waals surface area contributed by atoms with Gasteiger partial charge in [-0.05, 0) is 32.8 Å². The van der Waals surface area contributed by atoms with Crippen LogP contribution >= 0.6 is 11.6 Å². The number of aromatic nitrogens is 2. The Morgan fingerprint density at radius 1 is 1.50 bits per heavy atom. The summed E-state index contributed by atoms with van der Waals surface area (Å²) in [5.74, 6) is 0.704. The van der Waals surface area contributed by atoms with Gasteiger partial charge in [-0.2, -0.15) is 5.10 Å². The van der Waals surface area contributed by atoms with Crippen LogP contribution in [0.2, 0.25) is 0 Å². The summed E-state index contributed by atoms with van der Waals surface area (Å²) in [4.78, 5) is 0. The van der Waals surface area contributed by atoms with Gasteiger partial charge in [0.15, 0.2) is 0 Å². The van der Waals surface area contributed by atoms with E-state index in [0.717, 1.165) is 25.1 Å². The summed E-state index contributed by atoms with van der Waals surface area (Å²) in [5, 5.41) is 7.94. The zero-order valence-electron chi connectivity index (χ0n) is 10.4. The second-order valence-corrected chi connectivity index (χ2v) is 4.68. The molecule has 0 fully saturated rings. The van der Waals surface area contributed by atoms with Crippen molar-refractivity contribution in [3.05, 3.63) is 18.0 Å². The molecule has 1 N–H and O–H groups in total. The first-order valence-corrected chi connectivity index (χ1v) is 6.54. The van der Waals surface area contributed by atoms with Crippen LogP contribution in [0.3, 0.4) is 0 Å². The maximum absolute atomic E-state index is 5.68. The van der Waals surface area contributed by atoms with Crippen LogP contribution in [0.5, 0.6) is 0 Å². The largest absolute Gasteiger partial charge is 0.309 e. The molecular formula is C12H22ClN3. The van der Waals surface area contributed by atoms with Gasteiger partial charge in [0.25, 0.3) is 0 Å². The Hall–Kier alpha value is -0.540. The van der Waals surface area contributed by atoms with Gasteiger partial charge in [0, 0.05) is 30.7 Å². The first-order valence-electron chi connectivity index (χ1n) is 6.00. The lowest BCUT2D eigenvalue weighted by Gasteiger charge is -2.11. The summed E-state index contributed by atoms with van der Waals surface area (Å²) in [6.07, 6.45) is 4.15. The molecule has 92 valence electrons. The molecule has 4 heteroatoms. The summed E-state index contributed by atoms with van der Waals surface area (Å²) in [6, 6.07) is 3.01. The van der Waals surface area contributed by atoms with Gasteiger partial charge in [-0.15, -0.1) is 11.6 Å². The molecule has 1 rings (SSSR count). The first kappa shape index (κ1) is 13.5. The summed E-state index contributed by atoms with van der Waals surface area (Å²) in [5.41, 5.74) is 1.10. The second-order valence-electron chi connectivity index (χ2n) is 4.30. The van der Waals surface area contributed by atoms with Crippen LogP contribution in [0.15, 0.2) is 12.3 Å². The third-order valence-electron chi connectivity index (χ3n) is 2.88. The number of nitrogens with zero attached hydrogens (tertiary/aromatic N) is 2. The maximum atomic E-state index is 5.68. The van der Waals surface area contributed by atoms with Crippen LogP contribution in [0.4, 0.5) is 0 Å². The van der Waals surface area contributed by atoms with Crippen molar-refractivity contribution in [2.24, 2.45) is 0 Å². The van der Waals surface area contributed by atoms with Crippen LogP contribution in [0.1, 0.15) is 45.3 Å². The predicted octanol–water partition coefficient (Wildman–Crippen LogP) is 2.96. The highest BCUT2D eigenvalue weighted by atomic mass is 35.5. The lowest BCUT2D eigenvalue weighted by atomic mass is 10.2. The van der Waals surface area contributed by atoms with E-state index in [0.29, 0.717) is 18.0 Å². The van der Waals surface area contributed by atoms with Gasteiger partial charge >= 0.3 is 0 Å². The molecule has 0 aliphatic heterocycles. The molecular weight excluding hydrogens is 222 g/mol. The standard InChI is InChI=1S/C12H22ClN3/c1-4-11(3)16-8-6-12(15-16)9-14-10(2)5-7-13/h6,8,10-11,14H,4-5,7,9H2,1-3H3. The van der Waals surface area contributed by atoms with Crippen molar-refractivity contribution in [2.75, 3.05) is 5.88 Å². The van der Waals surface area contributed by atoms with Crippen LogP contribution in [-0.4, -0.2) is 21.7 Å². The van der Waals surface area contributed by atoms with E-state index >= 15 is 0 Å². The number of hydrogen-bond acceptors (Lipinski definition) is 2. The minimum Gasteiger partial charge on any atom is -0.309 e. The van der Waals surface area contributed by atoms with Crippen LogP contribution in [0.25, 0.3) is 0 Å². The third kappa shape index (κ3) is 4.14. The van der Waals surface area contributed by atoms with E-state index in [1.807, 2.05) is 4.68 Å². The molecule has 2 atom stereocenters. The Morgan fingerprint density at radius 2 is 2.25 bits per heavy atom. The fourth-order valence-corrected chi connectivity index (χ4v) is 1.78. The van der Waals surface area contributed by atoms with Gasteiger partial charge in [-0.3, -0.25) is 4.68 Å². The topological polar surface area (TPSA) is 29.9 Å². The van der Waals surface area contributed by atoms with Crippen molar-refractivity contribution in [3.8, 4) is 0 Å². The lowest BCUT2D eigenvalue weighted by molar-refractivity contribution is 0.466. The normalized spacial score (nSPS) is 15.0. The molecule has 2 unspecified atom stereocenters. The molecule has 0 aliphatic rings. The molecule has 0 aliphatic carbocycles. The number of nitrogens with one attached hydrogen (secondary N) is 1. The van der Waals surface area contributed by atoms with Gasteiger partial charge in [0.05, 0.1) is 5.69 Å². The van der Waals surface area contributed by atoms with E-state index in [2.05, 4.69) is 43.4 Å². The fraction of sp³-hybridized carbons (Fsp3) is 0.750. The van der Waals surface area contributed by atoms with E-state index in [1.54, 1.807) is 0 Å². The number of hydrogen-bond donors (Lipinski definition) is 1. The molecule has 0 saturated heterocycles. The van der Waals surface area contributed by atoms with Crippen molar-refractivity contribution in [1.82, 2.24) is 15.1 Å². The molecule has 16 heavy (non-hydrogen) atoms. The maximum Gasteiger partial charge on any atom is 0.0762 e. The average molecular weight is 244 g/mol. The third-order valence-corrected chi connectivity index (χ3v) is 3.10. The number of halogens is 1. The Labute approximate surface area is 103 Å². The van der Waals surface area contributed by atoms with Crippen molar-refractivity contribution in [2.45, 2.75) is 52.2 Å². The molecule has 1 aromatic rings. The van der Waals surface area contributed by atoms with Crippen molar-refractivity contribution in [3.63, 3.8) is 0 Å². The second kappa shape index (κ2) is 6.92. The van der Waals surface area contributed by atoms with Crippen molar-refractivity contribution >= 4 is 11.6 Å². The molecule has 1 aromatic heterocycles. The molecule has 0 aromatic carbocycles. The van der Waals surface area contributed by atoms with Gasteiger partial charge < -0.3 is 5.32 Å². The summed E-state index contributed by atoms with van der Waals surface area (Å²) in [6.45, 7) is 7.32. The van der Waals surface area contributed by atoms with E-state index in [-0.39, 0.29) is 0 Å². The quantitative estimate of drug-likeness (QED) is 0.747. The summed E-state index contributed by atoms with van der Waals surface area (Å²) < 4.78 is 2.03. The van der Waals surface area contributed by atoms with Gasteiger partial charge in [-0.1, -0.05) is 6.92 Å². The predicted molar refractivity (Wildman–Crippen MR) is 68.9 cm³/mol. The molecule has 1 heterocycles. The van der Waals surface area contributed by atoms with E-state index < -0.39 is 0 Å². The SMILES string of the molecule is CCC(C)n1ccc(CNC(C)CCCl)n1. The minimum absolute atomic E-state index is 0.450. The van der Waals surface area contributed by atoms with Crippen LogP contribution < -0.4 is 5.32 Å². The number of rotatable bonds is 7. The zero-order valence-corrected chi connectivity index (χ0v) is 11.2. The van der Waals surface area contributed by atoms with Gasteiger partial charge in [0.1, 0.15) is 0 Å². The monoisotopic (exact) mass is 243 g/mol. The Bertz CT molecular complexity index is 298. The Balaban J connectivity index is 2.40. The molecule has 0 bridgehead atoms. The summed E-state index contributed by atoms with van der Waals surface area (Å²) >= 11 is 5.68. The highest BCUT2D eigenvalue weighted by Crippen LogP contribution is 2.09. The van der Waals surface area contributed by atoms with Crippen LogP contribution in [0, 0.1) is 0 Å². The zero-order chi connectivity index (χ0) is 12.0. The highest BCUT2D eigenvalue weighted by Gasteiger charge is 2.05. The van der Waals surface area contributed by atoms with Crippen molar-refractivity contribution in [1.29, 1.82) is 0 Å². The molecule has 0 saturated carbocycles. The fourth-order valence-electron chi connectivity index (χ4n) is 1.45. The smallest absolute Gasteiger partial charge is 0.0762 e. The van der Waals surface area contributed by atoms with Crippen LogP contribution in [-0.2, 0) is 6.54 Å². The lowest BCUT2D eigenvalue weighted by Crippen LogP contribution is -2.26. The molecule has 0 amide bonds. The Morgan fingerprint density at radius 3 is 2.88 bits per heavy atom. The van der Waals surface area contributed by atoms with Gasteiger partial charge in [0.2, 0.25) is 0 Å².